The number of aromatic nitrogens is 2. The van der Waals surface area contributed by atoms with Gasteiger partial charge in [-0.15, -0.1) is 0 Å². The SMILES string of the molecule is COCc1ccc([C@@H](NC(=O)Cn2ccc(=O)[nH]c2=O)C(=O)Cc2ccc(C(C)(C)C)c(F)c2)cc1. The van der Waals surface area contributed by atoms with Crippen LogP contribution in [0.2, 0.25) is 0 Å². The Morgan fingerprint density at radius 3 is 2.31 bits per heavy atom. The normalized spacial score (nSPS) is 12.2. The standard InChI is InChI=1S/C27H30FN3O5/c1-27(2,3)20-10-7-18(13-21(20)28)14-22(32)25(19-8-5-17(6-9-19)16-36-4)29-24(34)15-31-12-11-23(33)30-26(31)35/h5-13,25H,14-16H2,1-4H3,(H,29,34)(H,30,33,35)/t25-/m1/s1. The Balaban J connectivity index is 1.85. The fourth-order valence-electron chi connectivity index (χ4n) is 3.83. The van der Waals surface area contributed by atoms with Gasteiger partial charge in [0, 0.05) is 25.8 Å². The molecule has 0 saturated heterocycles. The minimum absolute atomic E-state index is 0.106. The van der Waals surface area contributed by atoms with E-state index < -0.39 is 35.6 Å². The molecule has 1 amide bonds. The molecule has 2 aromatic carbocycles. The predicted molar refractivity (Wildman–Crippen MR) is 133 cm³/mol. The molecular weight excluding hydrogens is 465 g/mol. The molecule has 3 rings (SSSR count). The number of Topliss-reactive ketones (excluding diaryl/α,β-unsaturated/α-hetero) is 1. The van der Waals surface area contributed by atoms with Crippen molar-refractivity contribution in [3.8, 4) is 0 Å². The fourth-order valence-corrected chi connectivity index (χ4v) is 3.83. The molecule has 0 aliphatic heterocycles. The number of carbonyl (C=O) groups is 2. The molecule has 0 aliphatic carbocycles. The number of hydrogen-bond acceptors (Lipinski definition) is 5. The molecule has 0 bridgehead atoms. The van der Waals surface area contributed by atoms with Gasteiger partial charge < -0.3 is 10.1 Å². The average molecular weight is 496 g/mol. The van der Waals surface area contributed by atoms with Crippen LogP contribution in [0.15, 0.2) is 64.3 Å². The summed E-state index contributed by atoms with van der Waals surface area (Å²) in [5.74, 6) is -1.34. The maximum atomic E-state index is 14.7. The Kier molecular flexibility index (Phi) is 8.37. The summed E-state index contributed by atoms with van der Waals surface area (Å²) in [5, 5.41) is 2.68. The molecule has 36 heavy (non-hydrogen) atoms. The van der Waals surface area contributed by atoms with Crippen molar-refractivity contribution in [2.24, 2.45) is 0 Å². The summed E-state index contributed by atoms with van der Waals surface area (Å²) in [4.78, 5) is 51.4. The second-order valence-electron chi connectivity index (χ2n) is 9.62. The molecule has 1 aromatic heterocycles. The number of ether oxygens (including phenoxy) is 1. The van der Waals surface area contributed by atoms with Crippen LogP contribution in [0.25, 0.3) is 0 Å². The van der Waals surface area contributed by atoms with Gasteiger partial charge in [0.2, 0.25) is 5.91 Å². The molecule has 0 spiro atoms. The molecule has 0 aliphatic rings. The number of ketones is 1. The summed E-state index contributed by atoms with van der Waals surface area (Å²) in [5.41, 5.74) is 0.755. The minimum Gasteiger partial charge on any atom is -0.380 e. The third kappa shape index (κ3) is 6.85. The van der Waals surface area contributed by atoms with Gasteiger partial charge in [0.05, 0.1) is 6.61 Å². The van der Waals surface area contributed by atoms with Crippen molar-refractivity contribution in [3.63, 3.8) is 0 Å². The number of aromatic amines is 1. The van der Waals surface area contributed by atoms with Crippen molar-refractivity contribution in [3.05, 3.63) is 104 Å². The Morgan fingerprint density at radius 1 is 1.06 bits per heavy atom. The summed E-state index contributed by atoms with van der Waals surface area (Å²) >= 11 is 0. The van der Waals surface area contributed by atoms with E-state index in [1.807, 2.05) is 20.8 Å². The molecule has 1 heterocycles. The van der Waals surface area contributed by atoms with Crippen molar-refractivity contribution in [2.75, 3.05) is 7.11 Å². The van der Waals surface area contributed by atoms with Gasteiger partial charge in [-0.05, 0) is 33.7 Å². The minimum atomic E-state index is -1.03. The number of hydrogen-bond donors (Lipinski definition) is 2. The first kappa shape index (κ1) is 26.7. The first-order valence-corrected chi connectivity index (χ1v) is 11.5. The van der Waals surface area contributed by atoms with Gasteiger partial charge in [0.25, 0.3) is 5.56 Å². The van der Waals surface area contributed by atoms with E-state index in [1.54, 1.807) is 43.5 Å². The number of carbonyl (C=O) groups excluding carboxylic acids is 2. The number of methoxy groups -OCH3 is 1. The van der Waals surface area contributed by atoms with Crippen LogP contribution in [0, 0.1) is 5.82 Å². The number of benzene rings is 2. The third-order valence-corrected chi connectivity index (χ3v) is 5.68. The van der Waals surface area contributed by atoms with Gasteiger partial charge in [-0.25, -0.2) is 9.18 Å². The van der Waals surface area contributed by atoms with E-state index in [0.717, 1.165) is 16.2 Å². The lowest BCUT2D eigenvalue weighted by Crippen LogP contribution is -2.39. The van der Waals surface area contributed by atoms with Gasteiger partial charge in [-0.1, -0.05) is 57.2 Å². The van der Waals surface area contributed by atoms with Crippen LogP contribution in [-0.4, -0.2) is 28.4 Å². The average Bonchev–Trinajstić information content (AvgIpc) is 2.79. The lowest BCUT2D eigenvalue weighted by atomic mass is 9.85. The zero-order valence-corrected chi connectivity index (χ0v) is 20.8. The number of rotatable bonds is 9. The van der Waals surface area contributed by atoms with Gasteiger partial charge in [-0.3, -0.25) is 23.9 Å². The maximum absolute atomic E-state index is 14.7. The number of nitrogens with zero attached hydrogens (tertiary/aromatic N) is 1. The topological polar surface area (TPSA) is 110 Å². The van der Waals surface area contributed by atoms with Crippen molar-refractivity contribution in [1.29, 1.82) is 0 Å². The van der Waals surface area contributed by atoms with Crippen LogP contribution in [0.4, 0.5) is 4.39 Å². The van der Waals surface area contributed by atoms with Gasteiger partial charge in [0.1, 0.15) is 18.4 Å². The Bertz CT molecular complexity index is 1350. The van der Waals surface area contributed by atoms with E-state index in [1.165, 1.54) is 12.3 Å². The summed E-state index contributed by atoms with van der Waals surface area (Å²) in [6.07, 6.45) is 1.10. The highest BCUT2D eigenvalue weighted by Gasteiger charge is 2.25. The van der Waals surface area contributed by atoms with Crippen molar-refractivity contribution < 1.29 is 18.7 Å². The number of amides is 1. The van der Waals surface area contributed by atoms with Crippen LogP contribution >= 0.6 is 0 Å². The lowest BCUT2D eigenvalue weighted by molar-refractivity contribution is -0.128. The van der Waals surface area contributed by atoms with Crippen molar-refractivity contribution in [2.45, 2.75) is 51.8 Å². The summed E-state index contributed by atoms with van der Waals surface area (Å²) < 4.78 is 20.9. The highest BCUT2D eigenvalue weighted by atomic mass is 19.1. The van der Waals surface area contributed by atoms with Crippen LogP contribution in [0.1, 0.15) is 49.1 Å². The first-order chi connectivity index (χ1) is 17.0. The Labute approximate surface area is 208 Å². The van der Waals surface area contributed by atoms with Crippen LogP contribution in [-0.2, 0) is 39.3 Å². The van der Waals surface area contributed by atoms with Gasteiger partial charge in [0.15, 0.2) is 5.78 Å². The predicted octanol–water partition coefficient (Wildman–Crippen LogP) is 2.79. The van der Waals surface area contributed by atoms with Crippen LogP contribution in [0.5, 0.6) is 0 Å². The highest BCUT2D eigenvalue weighted by Crippen LogP contribution is 2.26. The Hall–Kier alpha value is -3.85. The quantitative estimate of drug-likeness (QED) is 0.474. The molecular formula is C27H30FN3O5. The largest absolute Gasteiger partial charge is 0.380 e. The second-order valence-corrected chi connectivity index (χ2v) is 9.62. The molecule has 0 radical (unpaired) electrons. The van der Waals surface area contributed by atoms with E-state index >= 15 is 0 Å². The first-order valence-electron chi connectivity index (χ1n) is 11.5. The maximum Gasteiger partial charge on any atom is 0.328 e. The number of halogens is 1. The zero-order valence-electron chi connectivity index (χ0n) is 20.8. The number of H-pyrrole nitrogens is 1. The molecule has 3 aromatic rings. The van der Waals surface area contributed by atoms with E-state index in [2.05, 4.69) is 10.3 Å². The number of nitrogens with one attached hydrogen (secondary N) is 2. The molecule has 2 N–H and O–H groups in total. The van der Waals surface area contributed by atoms with Crippen molar-refractivity contribution in [1.82, 2.24) is 14.9 Å². The highest BCUT2D eigenvalue weighted by molar-refractivity contribution is 5.91. The molecule has 0 saturated carbocycles. The molecule has 1 atom stereocenters. The smallest absolute Gasteiger partial charge is 0.328 e. The van der Waals surface area contributed by atoms with Gasteiger partial charge in [-0.2, -0.15) is 0 Å². The molecule has 0 unspecified atom stereocenters. The molecule has 8 nitrogen and oxygen atoms in total. The van der Waals surface area contributed by atoms with Crippen LogP contribution < -0.4 is 16.6 Å². The van der Waals surface area contributed by atoms with E-state index in [0.29, 0.717) is 23.3 Å². The third-order valence-electron chi connectivity index (χ3n) is 5.68. The Morgan fingerprint density at radius 2 is 1.72 bits per heavy atom. The lowest BCUT2D eigenvalue weighted by Gasteiger charge is -2.21. The molecule has 9 heteroatoms. The van der Waals surface area contributed by atoms with E-state index in [4.69, 9.17) is 4.74 Å². The summed E-state index contributed by atoms with van der Waals surface area (Å²) in [6.45, 7) is 5.71. The van der Waals surface area contributed by atoms with E-state index in [-0.39, 0.29) is 17.6 Å². The molecule has 0 fully saturated rings. The second kappa shape index (κ2) is 11.3. The fraction of sp³-hybridized carbons (Fsp3) is 0.333. The summed E-state index contributed by atoms with van der Waals surface area (Å²) in [7, 11) is 1.57. The van der Waals surface area contributed by atoms with Crippen LogP contribution in [0.3, 0.4) is 0 Å². The monoisotopic (exact) mass is 495 g/mol. The van der Waals surface area contributed by atoms with E-state index in [9.17, 15) is 23.6 Å². The summed E-state index contributed by atoms with van der Waals surface area (Å²) in [6, 6.07) is 11.8. The van der Waals surface area contributed by atoms with Gasteiger partial charge >= 0.3 is 5.69 Å². The molecule has 190 valence electrons. The zero-order chi connectivity index (χ0) is 26.5. The van der Waals surface area contributed by atoms with Crippen molar-refractivity contribution >= 4 is 11.7 Å².